The monoisotopic (exact) mass is 330 g/mol. The van der Waals surface area contributed by atoms with E-state index >= 15 is 0 Å². The SMILES string of the molecule is CC1(C)COC(c2ccccc2)CN1Cc1cc(C(N)=O)cs1. The maximum atomic E-state index is 11.3. The third kappa shape index (κ3) is 3.63. The van der Waals surface area contributed by atoms with Gasteiger partial charge in [-0.1, -0.05) is 30.3 Å². The molecule has 122 valence electrons. The van der Waals surface area contributed by atoms with Crippen molar-refractivity contribution in [2.24, 2.45) is 5.73 Å². The van der Waals surface area contributed by atoms with E-state index in [0.29, 0.717) is 12.2 Å². The Kier molecular flexibility index (Phi) is 4.53. The molecule has 1 atom stereocenters. The van der Waals surface area contributed by atoms with Crippen molar-refractivity contribution in [1.82, 2.24) is 4.90 Å². The van der Waals surface area contributed by atoms with E-state index in [0.717, 1.165) is 18.0 Å². The van der Waals surface area contributed by atoms with Gasteiger partial charge in [0.1, 0.15) is 0 Å². The fourth-order valence-corrected chi connectivity index (χ4v) is 3.71. The van der Waals surface area contributed by atoms with Gasteiger partial charge < -0.3 is 10.5 Å². The van der Waals surface area contributed by atoms with Crippen LogP contribution in [0.1, 0.15) is 40.8 Å². The standard InChI is InChI=1S/C18H22N2O2S/c1-18(2)12-22-16(13-6-4-3-5-7-13)10-20(18)9-15-8-14(11-23-15)17(19)21/h3-8,11,16H,9-10,12H2,1-2H3,(H2,19,21). The first-order valence-corrected chi connectivity index (χ1v) is 8.62. The van der Waals surface area contributed by atoms with Crippen molar-refractivity contribution in [3.63, 3.8) is 0 Å². The highest BCUT2D eigenvalue weighted by molar-refractivity contribution is 7.10. The summed E-state index contributed by atoms with van der Waals surface area (Å²) in [4.78, 5) is 14.8. The molecule has 23 heavy (non-hydrogen) atoms. The predicted molar refractivity (Wildman–Crippen MR) is 92.5 cm³/mol. The summed E-state index contributed by atoms with van der Waals surface area (Å²) in [6.45, 7) is 6.70. The quantitative estimate of drug-likeness (QED) is 0.936. The third-order valence-corrected chi connectivity index (χ3v) is 5.26. The highest BCUT2D eigenvalue weighted by Gasteiger charge is 2.35. The molecule has 1 aliphatic rings. The zero-order valence-corrected chi connectivity index (χ0v) is 14.3. The summed E-state index contributed by atoms with van der Waals surface area (Å²) in [6, 6.07) is 12.2. The van der Waals surface area contributed by atoms with Gasteiger partial charge in [0.25, 0.3) is 0 Å². The molecule has 1 aromatic carbocycles. The van der Waals surface area contributed by atoms with E-state index in [9.17, 15) is 4.79 Å². The Bertz CT molecular complexity index is 681. The fourth-order valence-electron chi connectivity index (χ4n) is 2.82. The number of morpholine rings is 1. The van der Waals surface area contributed by atoms with Crippen LogP contribution < -0.4 is 5.73 Å². The number of nitrogens with zero attached hydrogens (tertiary/aromatic N) is 1. The van der Waals surface area contributed by atoms with Crippen LogP contribution in [0, 0.1) is 0 Å². The molecule has 0 saturated carbocycles. The van der Waals surface area contributed by atoms with Crippen LogP contribution in [-0.2, 0) is 11.3 Å². The normalized spacial score (nSPS) is 21.2. The molecule has 1 amide bonds. The molecule has 0 radical (unpaired) electrons. The van der Waals surface area contributed by atoms with Gasteiger partial charge in [0.15, 0.2) is 0 Å². The second-order valence-corrected chi connectivity index (χ2v) is 7.57. The minimum atomic E-state index is -0.365. The maximum absolute atomic E-state index is 11.3. The largest absolute Gasteiger partial charge is 0.370 e. The van der Waals surface area contributed by atoms with Gasteiger partial charge in [-0.3, -0.25) is 9.69 Å². The second kappa shape index (κ2) is 6.43. The number of thiophene rings is 1. The van der Waals surface area contributed by atoms with Gasteiger partial charge in [-0.05, 0) is 25.5 Å². The van der Waals surface area contributed by atoms with Gasteiger partial charge in [-0.25, -0.2) is 0 Å². The number of primary amides is 1. The Morgan fingerprint density at radius 3 is 2.78 bits per heavy atom. The highest BCUT2D eigenvalue weighted by Crippen LogP contribution is 2.32. The summed E-state index contributed by atoms with van der Waals surface area (Å²) in [5, 5.41) is 1.83. The molecule has 0 spiro atoms. The molecular formula is C18H22N2O2S. The molecule has 1 fully saturated rings. The summed E-state index contributed by atoms with van der Waals surface area (Å²) < 4.78 is 6.08. The Hall–Kier alpha value is -1.69. The van der Waals surface area contributed by atoms with Crippen LogP contribution in [0.25, 0.3) is 0 Å². The zero-order chi connectivity index (χ0) is 16.4. The van der Waals surface area contributed by atoms with Crippen LogP contribution in [0.5, 0.6) is 0 Å². The summed E-state index contributed by atoms with van der Waals surface area (Å²) in [7, 11) is 0. The lowest BCUT2D eigenvalue weighted by Crippen LogP contribution is -2.53. The van der Waals surface area contributed by atoms with Crippen LogP contribution in [0.4, 0.5) is 0 Å². The topological polar surface area (TPSA) is 55.6 Å². The average molecular weight is 330 g/mol. The summed E-state index contributed by atoms with van der Waals surface area (Å²) in [6.07, 6.45) is 0.0831. The van der Waals surface area contributed by atoms with Crippen molar-refractivity contribution < 1.29 is 9.53 Å². The summed E-state index contributed by atoms with van der Waals surface area (Å²) >= 11 is 1.59. The molecular weight excluding hydrogens is 308 g/mol. The second-order valence-electron chi connectivity index (χ2n) is 6.57. The first-order valence-electron chi connectivity index (χ1n) is 7.74. The van der Waals surface area contributed by atoms with Gasteiger partial charge in [0.05, 0.1) is 18.3 Å². The van der Waals surface area contributed by atoms with Crippen LogP contribution in [0.2, 0.25) is 0 Å². The molecule has 0 aliphatic carbocycles. The Labute approximate surface area is 140 Å². The lowest BCUT2D eigenvalue weighted by molar-refractivity contribution is -0.104. The summed E-state index contributed by atoms with van der Waals surface area (Å²) in [5.74, 6) is -0.365. The molecule has 1 saturated heterocycles. The average Bonchev–Trinajstić information content (AvgIpc) is 2.99. The van der Waals surface area contributed by atoms with Crippen molar-refractivity contribution in [3.8, 4) is 0 Å². The number of nitrogens with two attached hydrogens (primary N) is 1. The molecule has 3 rings (SSSR count). The van der Waals surface area contributed by atoms with E-state index in [1.165, 1.54) is 5.56 Å². The van der Waals surface area contributed by atoms with Crippen LogP contribution in [0.3, 0.4) is 0 Å². The maximum Gasteiger partial charge on any atom is 0.249 e. The molecule has 0 bridgehead atoms. The van der Waals surface area contributed by atoms with Gasteiger partial charge in [-0.2, -0.15) is 0 Å². The third-order valence-electron chi connectivity index (χ3n) is 4.34. The predicted octanol–water partition coefficient (Wildman–Crippen LogP) is 3.20. The number of hydrogen-bond acceptors (Lipinski definition) is 4. The van der Waals surface area contributed by atoms with E-state index in [1.807, 2.05) is 29.6 Å². The minimum absolute atomic E-state index is 0.0395. The van der Waals surface area contributed by atoms with Crippen LogP contribution in [0.15, 0.2) is 41.8 Å². The van der Waals surface area contributed by atoms with Crippen molar-refractivity contribution in [1.29, 1.82) is 0 Å². The van der Waals surface area contributed by atoms with Gasteiger partial charge in [0, 0.05) is 28.9 Å². The fraction of sp³-hybridized carbons (Fsp3) is 0.389. The van der Waals surface area contributed by atoms with Gasteiger partial charge >= 0.3 is 0 Å². The minimum Gasteiger partial charge on any atom is -0.370 e. The smallest absolute Gasteiger partial charge is 0.249 e. The highest BCUT2D eigenvalue weighted by atomic mass is 32.1. The molecule has 1 aliphatic heterocycles. The number of hydrogen-bond donors (Lipinski definition) is 1. The number of ether oxygens (including phenoxy) is 1. The molecule has 2 N–H and O–H groups in total. The van der Waals surface area contributed by atoms with E-state index in [4.69, 9.17) is 10.5 Å². The van der Waals surface area contributed by atoms with Crippen molar-refractivity contribution in [2.75, 3.05) is 13.2 Å². The van der Waals surface area contributed by atoms with Gasteiger partial charge in [0.2, 0.25) is 5.91 Å². The van der Waals surface area contributed by atoms with E-state index < -0.39 is 0 Å². The summed E-state index contributed by atoms with van der Waals surface area (Å²) in [5.41, 5.74) is 7.10. The Morgan fingerprint density at radius 2 is 2.13 bits per heavy atom. The van der Waals surface area contributed by atoms with E-state index in [1.54, 1.807) is 11.3 Å². The Balaban J connectivity index is 1.76. The lowest BCUT2D eigenvalue weighted by Gasteiger charge is -2.45. The van der Waals surface area contributed by atoms with Gasteiger partial charge in [-0.15, -0.1) is 11.3 Å². The van der Waals surface area contributed by atoms with E-state index in [-0.39, 0.29) is 17.6 Å². The number of rotatable bonds is 4. The molecule has 1 unspecified atom stereocenters. The van der Waals surface area contributed by atoms with Crippen molar-refractivity contribution >= 4 is 17.2 Å². The lowest BCUT2D eigenvalue weighted by atomic mass is 9.98. The first-order chi connectivity index (χ1) is 11.0. The van der Waals surface area contributed by atoms with Crippen LogP contribution >= 0.6 is 11.3 Å². The number of amides is 1. The number of benzene rings is 1. The Morgan fingerprint density at radius 1 is 1.39 bits per heavy atom. The number of carbonyl (C=O) groups excluding carboxylic acids is 1. The first kappa shape index (κ1) is 16.2. The number of carbonyl (C=O) groups is 1. The molecule has 2 aromatic rings. The molecule has 4 nitrogen and oxygen atoms in total. The van der Waals surface area contributed by atoms with Crippen molar-refractivity contribution in [3.05, 3.63) is 57.8 Å². The van der Waals surface area contributed by atoms with Crippen LogP contribution in [-0.4, -0.2) is 29.5 Å². The molecule has 5 heteroatoms. The van der Waals surface area contributed by atoms with E-state index in [2.05, 4.69) is 30.9 Å². The molecule has 2 heterocycles. The van der Waals surface area contributed by atoms with Crippen molar-refractivity contribution in [2.45, 2.75) is 32.0 Å². The molecule has 1 aromatic heterocycles. The zero-order valence-electron chi connectivity index (χ0n) is 13.5.